The van der Waals surface area contributed by atoms with Gasteiger partial charge in [0.25, 0.3) is 0 Å². The minimum absolute atomic E-state index is 0.0316. The zero-order valence-corrected chi connectivity index (χ0v) is 12.6. The summed E-state index contributed by atoms with van der Waals surface area (Å²) in [6.07, 6.45) is 0.944. The van der Waals surface area contributed by atoms with Gasteiger partial charge >= 0.3 is 0 Å². The molecule has 18 heavy (non-hydrogen) atoms. The zero-order valence-electron chi connectivity index (χ0n) is 12.6. The van der Waals surface area contributed by atoms with Crippen molar-refractivity contribution in [3.05, 3.63) is 0 Å². The molecule has 1 N–H and O–H groups in total. The van der Waals surface area contributed by atoms with Crippen LogP contribution in [0.4, 0.5) is 0 Å². The molecular weight excluding hydrogens is 226 g/mol. The van der Waals surface area contributed by atoms with Crippen LogP contribution in [0.25, 0.3) is 0 Å². The number of likely N-dealkylation sites (tertiary alicyclic amines) is 1. The average molecular weight is 255 g/mol. The summed E-state index contributed by atoms with van der Waals surface area (Å²) in [6.45, 7) is 14.7. The molecule has 1 aliphatic rings. The van der Waals surface area contributed by atoms with E-state index in [1.54, 1.807) is 0 Å². The standard InChI is InChI=1S/C14H29N3O/c1-6-16(7-2)10-12(5)17-9-8-13(14(17)18)15-11(3)4/h11-13,15H,6-10H2,1-5H3. The van der Waals surface area contributed by atoms with Crippen molar-refractivity contribution in [2.45, 2.75) is 59.2 Å². The van der Waals surface area contributed by atoms with E-state index in [1.165, 1.54) is 0 Å². The van der Waals surface area contributed by atoms with E-state index in [0.717, 1.165) is 32.6 Å². The highest BCUT2D eigenvalue weighted by Crippen LogP contribution is 2.16. The first-order valence-electron chi connectivity index (χ1n) is 7.28. The van der Waals surface area contributed by atoms with Gasteiger partial charge in [-0.05, 0) is 26.4 Å². The van der Waals surface area contributed by atoms with Crippen LogP contribution in [0, 0.1) is 0 Å². The fourth-order valence-electron chi connectivity index (χ4n) is 2.65. The van der Waals surface area contributed by atoms with Gasteiger partial charge in [0.05, 0.1) is 6.04 Å². The molecule has 4 nitrogen and oxygen atoms in total. The van der Waals surface area contributed by atoms with Crippen molar-refractivity contribution in [1.82, 2.24) is 15.1 Å². The SMILES string of the molecule is CCN(CC)CC(C)N1CCC(NC(C)C)C1=O. The smallest absolute Gasteiger partial charge is 0.240 e. The van der Waals surface area contributed by atoms with E-state index >= 15 is 0 Å². The predicted molar refractivity (Wildman–Crippen MR) is 75.6 cm³/mol. The summed E-state index contributed by atoms with van der Waals surface area (Å²) in [4.78, 5) is 16.7. The Morgan fingerprint density at radius 3 is 2.44 bits per heavy atom. The second-order valence-corrected chi connectivity index (χ2v) is 5.53. The Kier molecular flexibility index (Phi) is 6.09. The number of hydrogen-bond donors (Lipinski definition) is 1. The molecule has 4 heteroatoms. The van der Waals surface area contributed by atoms with E-state index in [4.69, 9.17) is 0 Å². The van der Waals surface area contributed by atoms with Gasteiger partial charge in [0.1, 0.15) is 0 Å². The second kappa shape index (κ2) is 7.10. The normalized spacial score (nSPS) is 22.3. The number of likely N-dealkylation sites (N-methyl/N-ethyl adjacent to an activating group) is 1. The van der Waals surface area contributed by atoms with Crippen LogP contribution in [0.2, 0.25) is 0 Å². The van der Waals surface area contributed by atoms with Crippen molar-refractivity contribution in [2.75, 3.05) is 26.2 Å². The molecule has 106 valence electrons. The molecule has 0 radical (unpaired) electrons. The Morgan fingerprint density at radius 1 is 1.33 bits per heavy atom. The number of rotatable bonds is 7. The number of nitrogens with one attached hydrogen (secondary N) is 1. The molecule has 0 saturated carbocycles. The van der Waals surface area contributed by atoms with Gasteiger partial charge in [-0.1, -0.05) is 27.7 Å². The first kappa shape index (κ1) is 15.4. The highest BCUT2D eigenvalue weighted by atomic mass is 16.2. The van der Waals surface area contributed by atoms with Crippen molar-refractivity contribution >= 4 is 5.91 Å². The minimum Gasteiger partial charge on any atom is -0.337 e. The van der Waals surface area contributed by atoms with Crippen molar-refractivity contribution in [2.24, 2.45) is 0 Å². The Hall–Kier alpha value is -0.610. The molecule has 2 unspecified atom stereocenters. The maximum absolute atomic E-state index is 12.3. The van der Waals surface area contributed by atoms with Crippen molar-refractivity contribution in [1.29, 1.82) is 0 Å². The molecule has 1 heterocycles. The Morgan fingerprint density at radius 2 is 1.94 bits per heavy atom. The van der Waals surface area contributed by atoms with Crippen LogP contribution in [0.5, 0.6) is 0 Å². The zero-order chi connectivity index (χ0) is 13.7. The molecule has 1 rings (SSSR count). The number of carbonyl (C=O) groups is 1. The highest BCUT2D eigenvalue weighted by Gasteiger charge is 2.34. The quantitative estimate of drug-likeness (QED) is 0.745. The average Bonchev–Trinajstić information content (AvgIpc) is 2.67. The van der Waals surface area contributed by atoms with Crippen LogP contribution in [-0.4, -0.2) is 60.0 Å². The van der Waals surface area contributed by atoms with Gasteiger partial charge in [-0.15, -0.1) is 0 Å². The lowest BCUT2D eigenvalue weighted by atomic mass is 10.2. The Bertz CT molecular complexity index is 264. The first-order valence-corrected chi connectivity index (χ1v) is 7.28. The Balaban J connectivity index is 2.50. The molecule has 1 fully saturated rings. The summed E-state index contributed by atoms with van der Waals surface area (Å²) in [5.41, 5.74) is 0. The molecule has 1 aliphatic heterocycles. The van der Waals surface area contributed by atoms with Gasteiger partial charge in [-0.2, -0.15) is 0 Å². The monoisotopic (exact) mass is 255 g/mol. The molecule has 0 aromatic carbocycles. The van der Waals surface area contributed by atoms with Gasteiger partial charge < -0.3 is 15.1 Å². The molecule has 1 amide bonds. The largest absolute Gasteiger partial charge is 0.337 e. The van der Waals surface area contributed by atoms with E-state index in [0.29, 0.717) is 12.1 Å². The number of hydrogen-bond acceptors (Lipinski definition) is 3. The molecule has 2 atom stereocenters. The van der Waals surface area contributed by atoms with Gasteiger partial charge in [0.2, 0.25) is 5.91 Å². The van der Waals surface area contributed by atoms with Crippen molar-refractivity contribution < 1.29 is 4.79 Å². The lowest BCUT2D eigenvalue weighted by Crippen LogP contribution is -2.47. The molecule has 0 spiro atoms. The maximum Gasteiger partial charge on any atom is 0.240 e. The van der Waals surface area contributed by atoms with Crippen LogP contribution >= 0.6 is 0 Å². The maximum atomic E-state index is 12.3. The van der Waals surface area contributed by atoms with E-state index in [9.17, 15) is 4.79 Å². The van der Waals surface area contributed by atoms with E-state index in [1.807, 2.05) is 4.90 Å². The van der Waals surface area contributed by atoms with Crippen LogP contribution < -0.4 is 5.32 Å². The first-order chi connectivity index (χ1) is 8.49. The Labute approximate surface area is 112 Å². The van der Waals surface area contributed by atoms with Crippen LogP contribution in [-0.2, 0) is 4.79 Å². The lowest BCUT2D eigenvalue weighted by molar-refractivity contribution is -0.131. The van der Waals surface area contributed by atoms with Gasteiger partial charge in [-0.3, -0.25) is 4.79 Å². The fraction of sp³-hybridized carbons (Fsp3) is 0.929. The third-order valence-electron chi connectivity index (χ3n) is 3.72. The van der Waals surface area contributed by atoms with Gasteiger partial charge in [0.15, 0.2) is 0 Å². The third-order valence-corrected chi connectivity index (χ3v) is 3.72. The number of amides is 1. The van der Waals surface area contributed by atoms with Crippen LogP contribution in [0.3, 0.4) is 0 Å². The summed E-state index contributed by atoms with van der Waals surface area (Å²) in [5, 5.41) is 3.35. The summed E-state index contributed by atoms with van der Waals surface area (Å²) in [5.74, 6) is 0.281. The molecule has 0 aromatic heterocycles. The summed E-state index contributed by atoms with van der Waals surface area (Å²) < 4.78 is 0. The fourth-order valence-corrected chi connectivity index (χ4v) is 2.65. The lowest BCUT2D eigenvalue weighted by Gasteiger charge is -2.30. The van der Waals surface area contributed by atoms with Gasteiger partial charge in [0, 0.05) is 25.2 Å². The second-order valence-electron chi connectivity index (χ2n) is 5.53. The summed E-state index contributed by atoms with van der Waals surface area (Å²) >= 11 is 0. The molecule has 0 bridgehead atoms. The molecule has 0 aliphatic carbocycles. The highest BCUT2D eigenvalue weighted by molar-refractivity contribution is 5.84. The molecule has 0 aromatic rings. The summed E-state index contributed by atoms with van der Waals surface area (Å²) in [7, 11) is 0. The molecular formula is C14H29N3O. The summed E-state index contributed by atoms with van der Waals surface area (Å²) in [6, 6.07) is 0.720. The topological polar surface area (TPSA) is 35.6 Å². The van der Waals surface area contributed by atoms with Crippen LogP contribution in [0.1, 0.15) is 41.0 Å². The van der Waals surface area contributed by atoms with E-state index in [2.05, 4.69) is 44.8 Å². The van der Waals surface area contributed by atoms with Gasteiger partial charge in [-0.25, -0.2) is 0 Å². The number of carbonyl (C=O) groups excluding carboxylic acids is 1. The van der Waals surface area contributed by atoms with Crippen molar-refractivity contribution in [3.63, 3.8) is 0 Å². The third kappa shape index (κ3) is 3.95. The van der Waals surface area contributed by atoms with E-state index in [-0.39, 0.29) is 11.9 Å². The predicted octanol–water partition coefficient (Wildman–Crippen LogP) is 1.32. The van der Waals surface area contributed by atoms with Crippen LogP contribution in [0.15, 0.2) is 0 Å². The minimum atomic E-state index is 0.0316. The molecule has 1 saturated heterocycles. The van der Waals surface area contributed by atoms with E-state index < -0.39 is 0 Å². The number of nitrogens with zero attached hydrogens (tertiary/aromatic N) is 2. The van der Waals surface area contributed by atoms with Crippen molar-refractivity contribution in [3.8, 4) is 0 Å².